The van der Waals surface area contributed by atoms with E-state index in [1.54, 1.807) is 45.0 Å². The molecule has 0 aliphatic carbocycles. The van der Waals surface area contributed by atoms with Gasteiger partial charge in [-0.2, -0.15) is 0 Å². The van der Waals surface area contributed by atoms with Gasteiger partial charge in [-0.1, -0.05) is 26.8 Å². The summed E-state index contributed by atoms with van der Waals surface area (Å²) < 4.78 is 0. The van der Waals surface area contributed by atoms with Gasteiger partial charge in [-0.3, -0.25) is 9.59 Å². The maximum absolute atomic E-state index is 11.8. The van der Waals surface area contributed by atoms with E-state index < -0.39 is 5.41 Å². The monoisotopic (exact) mass is 307 g/mol. The molecule has 0 atom stereocenters. The number of anilines is 1. The lowest BCUT2D eigenvalue weighted by atomic mass is 9.96. The summed E-state index contributed by atoms with van der Waals surface area (Å²) in [5, 5.41) is 8.46. The molecule has 0 spiro atoms. The van der Waals surface area contributed by atoms with E-state index in [0.717, 1.165) is 0 Å². The Kier molecular flexibility index (Phi) is 5.84. The topological polar surface area (TPSA) is 70.2 Å². The summed E-state index contributed by atoms with van der Waals surface area (Å²) in [7, 11) is 0. The van der Waals surface area contributed by atoms with Gasteiger partial charge < -0.3 is 16.0 Å². The van der Waals surface area contributed by atoms with Crippen LogP contribution >= 0.6 is 12.2 Å². The molecule has 0 aromatic heterocycles. The zero-order chi connectivity index (χ0) is 16.0. The van der Waals surface area contributed by atoms with E-state index in [1.165, 1.54) is 0 Å². The first-order chi connectivity index (χ1) is 9.74. The standard InChI is InChI=1S/C15H21N3O2S/c1-5-16-12(19)10-7-6-8-11(9-10)17-14(21)18-13(20)15(2,3)4/h6-9H,5H2,1-4H3,(H,16,19)(H2,17,18,20,21). The van der Waals surface area contributed by atoms with Gasteiger partial charge in [0.25, 0.3) is 5.91 Å². The molecule has 21 heavy (non-hydrogen) atoms. The first kappa shape index (κ1) is 17.1. The van der Waals surface area contributed by atoms with Crippen LogP contribution in [0.2, 0.25) is 0 Å². The van der Waals surface area contributed by atoms with Crippen LogP contribution in [-0.4, -0.2) is 23.5 Å². The number of amides is 2. The maximum Gasteiger partial charge on any atom is 0.251 e. The molecule has 114 valence electrons. The molecule has 5 nitrogen and oxygen atoms in total. The molecule has 0 aliphatic rings. The highest BCUT2D eigenvalue weighted by Gasteiger charge is 2.21. The van der Waals surface area contributed by atoms with Gasteiger partial charge in [-0.25, -0.2) is 0 Å². The molecule has 1 aromatic carbocycles. The van der Waals surface area contributed by atoms with Crippen molar-refractivity contribution in [2.24, 2.45) is 5.41 Å². The van der Waals surface area contributed by atoms with Crippen molar-refractivity contribution in [3.05, 3.63) is 29.8 Å². The summed E-state index contributed by atoms with van der Waals surface area (Å²) in [4.78, 5) is 23.6. The summed E-state index contributed by atoms with van der Waals surface area (Å²) in [6, 6.07) is 6.92. The molecule has 6 heteroatoms. The summed E-state index contributed by atoms with van der Waals surface area (Å²) in [6.07, 6.45) is 0. The predicted octanol–water partition coefficient (Wildman–Crippen LogP) is 2.30. The molecule has 1 aromatic rings. The predicted molar refractivity (Wildman–Crippen MR) is 88.3 cm³/mol. The Bertz CT molecular complexity index is 550. The van der Waals surface area contributed by atoms with Crippen LogP contribution in [0.3, 0.4) is 0 Å². The largest absolute Gasteiger partial charge is 0.352 e. The highest BCUT2D eigenvalue weighted by molar-refractivity contribution is 7.80. The zero-order valence-corrected chi connectivity index (χ0v) is 13.6. The Morgan fingerprint density at radius 1 is 1.24 bits per heavy atom. The van der Waals surface area contributed by atoms with Crippen molar-refractivity contribution in [1.82, 2.24) is 10.6 Å². The summed E-state index contributed by atoms with van der Waals surface area (Å²) in [5.41, 5.74) is 0.666. The van der Waals surface area contributed by atoms with Crippen LogP contribution in [0.5, 0.6) is 0 Å². The molecule has 0 radical (unpaired) electrons. The Morgan fingerprint density at radius 2 is 1.90 bits per heavy atom. The Hall–Kier alpha value is -1.95. The van der Waals surface area contributed by atoms with E-state index >= 15 is 0 Å². The fraction of sp³-hybridized carbons (Fsp3) is 0.400. The molecular weight excluding hydrogens is 286 g/mol. The molecule has 0 saturated heterocycles. The van der Waals surface area contributed by atoms with Crippen LogP contribution in [0.1, 0.15) is 38.1 Å². The van der Waals surface area contributed by atoms with E-state index in [9.17, 15) is 9.59 Å². The molecule has 0 unspecified atom stereocenters. The average Bonchev–Trinajstić information content (AvgIpc) is 2.38. The van der Waals surface area contributed by atoms with Crippen molar-refractivity contribution in [3.63, 3.8) is 0 Å². The van der Waals surface area contributed by atoms with Crippen LogP contribution in [-0.2, 0) is 4.79 Å². The first-order valence-corrected chi connectivity index (χ1v) is 7.15. The molecule has 0 fully saturated rings. The summed E-state index contributed by atoms with van der Waals surface area (Å²) >= 11 is 5.10. The van der Waals surface area contributed by atoms with E-state index in [1.807, 2.05) is 6.92 Å². The van der Waals surface area contributed by atoms with Crippen molar-refractivity contribution in [3.8, 4) is 0 Å². The van der Waals surface area contributed by atoms with Crippen LogP contribution in [0, 0.1) is 5.41 Å². The Balaban J connectivity index is 2.71. The molecular formula is C15H21N3O2S. The minimum atomic E-state index is -0.519. The van der Waals surface area contributed by atoms with Crippen molar-refractivity contribution in [1.29, 1.82) is 0 Å². The van der Waals surface area contributed by atoms with Gasteiger partial charge in [0.05, 0.1) is 0 Å². The SMILES string of the molecule is CCNC(=O)c1cccc(NC(=S)NC(=O)C(C)(C)C)c1. The molecule has 2 amide bonds. The smallest absolute Gasteiger partial charge is 0.251 e. The number of thiocarbonyl (C=S) groups is 1. The number of hydrogen-bond acceptors (Lipinski definition) is 3. The zero-order valence-electron chi connectivity index (χ0n) is 12.7. The third-order valence-corrected chi connectivity index (χ3v) is 2.83. The first-order valence-electron chi connectivity index (χ1n) is 6.74. The normalized spacial score (nSPS) is 10.7. The molecule has 0 heterocycles. The van der Waals surface area contributed by atoms with Gasteiger partial charge in [0.1, 0.15) is 0 Å². The Labute approximate surface area is 130 Å². The van der Waals surface area contributed by atoms with E-state index in [-0.39, 0.29) is 16.9 Å². The lowest BCUT2D eigenvalue weighted by molar-refractivity contribution is -0.126. The van der Waals surface area contributed by atoms with Gasteiger partial charge in [-0.05, 0) is 37.3 Å². The van der Waals surface area contributed by atoms with Crippen LogP contribution < -0.4 is 16.0 Å². The number of nitrogens with one attached hydrogen (secondary N) is 3. The molecule has 3 N–H and O–H groups in total. The Morgan fingerprint density at radius 3 is 2.48 bits per heavy atom. The average molecular weight is 307 g/mol. The number of hydrogen-bond donors (Lipinski definition) is 3. The minimum Gasteiger partial charge on any atom is -0.352 e. The molecule has 0 aliphatic heterocycles. The van der Waals surface area contributed by atoms with Crippen LogP contribution in [0.4, 0.5) is 5.69 Å². The molecule has 0 saturated carbocycles. The number of rotatable bonds is 3. The maximum atomic E-state index is 11.8. The fourth-order valence-corrected chi connectivity index (χ4v) is 1.66. The number of carbonyl (C=O) groups is 2. The lowest BCUT2D eigenvalue weighted by Crippen LogP contribution is -2.41. The number of carbonyl (C=O) groups excluding carboxylic acids is 2. The van der Waals surface area contributed by atoms with E-state index in [4.69, 9.17) is 12.2 Å². The third-order valence-electron chi connectivity index (χ3n) is 2.63. The lowest BCUT2D eigenvalue weighted by Gasteiger charge is -2.18. The highest BCUT2D eigenvalue weighted by Crippen LogP contribution is 2.13. The van der Waals surface area contributed by atoms with Crippen LogP contribution in [0.15, 0.2) is 24.3 Å². The van der Waals surface area contributed by atoms with Gasteiger partial charge in [0.2, 0.25) is 5.91 Å². The second-order valence-electron chi connectivity index (χ2n) is 5.60. The minimum absolute atomic E-state index is 0.147. The van der Waals surface area contributed by atoms with Crippen molar-refractivity contribution < 1.29 is 9.59 Å². The van der Waals surface area contributed by atoms with Gasteiger partial charge in [-0.15, -0.1) is 0 Å². The second-order valence-corrected chi connectivity index (χ2v) is 6.01. The van der Waals surface area contributed by atoms with Crippen molar-refractivity contribution >= 4 is 34.8 Å². The van der Waals surface area contributed by atoms with Crippen molar-refractivity contribution in [2.75, 3.05) is 11.9 Å². The molecule has 1 rings (SSSR count). The number of benzene rings is 1. The quantitative estimate of drug-likeness (QED) is 0.749. The van der Waals surface area contributed by atoms with E-state index in [2.05, 4.69) is 16.0 Å². The summed E-state index contributed by atoms with van der Waals surface area (Å²) in [5.74, 6) is -0.314. The van der Waals surface area contributed by atoms with Gasteiger partial charge in [0.15, 0.2) is 5.11 Å². The third kappa shape index (κ3) is 5.51. The van der Waals surface area contributed by atoms with Crippen LogP contribution in [0.25, 0.3) is 0 Å². The van der Waals surface area contributed by atoms with Gasteiger partial charge >= 0.3 is 0 Å². The highest BCUT2D eigenvalue weighted by atomic mass is 32.1. The summed E-state index contributed by atoms with van der Waals surface area (Å²) in [6.45, 7) is 7.84. The second kappa shape index (κ2) is 7.17. The van der Waals surface area contributed by atoms with Crippen molar-refractivity contribution in [2.45, 2.75) is 27.7 Å². The molecule has 0 bridgehead atoms. The van der Waals surface area contributed by atoms with E-state index in [0.29, 0.717) is 17.8 Å². The fourth-order valence-electron chi connectivity index (χ4n) is 1.45. The van der Waals surface area contributed by atoms with Gasteiger partial charge in [0, 0.05) is 23.2 Å².